The van der Waals surface area contributed by atoms with Gasteiger partial charge < -0.3 is 10.6 Å². The van der Waals surface area contributed by atoms with Crippen LogP contribution in [-0.2, 0) is 0 Å². The molecule has 3 rings (SSSR count). The summed E-state index contributed by atoms with van der Waals surface area (Å²) in [6.07, 6.45) is 5.43. The zero-order chi connectivity index (χ0) is 14.7. The van der Waals surface area contributed by atoms with Crippen molar-refractivity contribution in [2.75, 3.05) is 18.4 Å². The average molecular weight is 288 g/mol. The number of carbonyl (C=O) groups excluding carboxylic acids is 1. The van der Waals surface area contributed by atoms with Crippen molar-refractivity contribution in [1.29, 1.82) is 0 Å². The van der Waals surface area contributed by atoms with Gasteiger partial charge in [0.2, 0.25) is 0 Å². The molecule has 0 aliphatic carbocycles. The first-order valence-electron chi connectivity index (χ1n) is 7.05. The molecule has 0 radical (unpaired) electrons. The van der Waals surface area contributed by atoms with Gasteiger partial charge in [0.1, 0.15) is 5.82 Å². The first-order chi connectivity index (χ1) is 10.2. The maximum atomic E-state index is 13.6. The molecule has 2 heterocycles. The van der Waals surface area contributed by atoms with Gasteiger partial charge in [-0.3, -0.25) is 9.48 Å². The number of benzene rings is 1. The summed E-state index contributed by atoms with van der Waals surface area (Å²) in [6, 6.07) is 6.28. The molecule has 5 nitrogen and oxygen atoms in total. The van der Waals surface area contributed by atoms with Crippen molar-refractivity contribution in [2.45, 2.75) is 18.9 Å². The molecule has 0 atom stereocenters. The van der Waals surface area contributed by atoms with Crippen LogP contribution >= 0.6 is 0 Å². The van der Waals surface area contributed by atoms with E-state index in [-0.39, 0.29) is 5.56 Å². The standard InChI is InChI=1S/C15H17FN4O/c16-14-4-2-1-3-13(14)15(21)19-11-9-18-20(10-11)12-5-7-17-8-6-12/h1-4,9-10,12,17H,5-8H2,(H,19,21). The highest BCUT2D eigenvalue weighted by atomic mass is 19.1. The zero-order valence-corrected chi connectivity index (χ0v) is 11.6. The van der Waals surface area contributed by atoms with E-state index >= 15 is 0 Å². The van der Waals surface area contributed by atoms with Gasteiger partial charge in [0.25, 0.3) is 5.91 Å². The molecule has 110 valence electrons. The predicted octanol–water partition coefficient (Wildman–Crippen LogP) is 2.20. The monoisotopic (exact) mass is 288 g/mol. The minimum Gasteiger partial charge on any atom is -0.319 e. The molecule has 1 fully saturated rings. The van der Waals surface area contributed by atoms with E-state index in [9.17, 15) is 9.18 Å². The van der Waals surface area contributed by atoms with Crippen molar-refractivity contribution >= 4 is 11.6 Å². The number of hydrogen-bond acceptors (Lipinski definition) is 3. The summed E-state index contributed by atoms with van der Waals surface area (Å²) in [4.78, 5) is 12.0. The number of amides is 1. The number of halogens is 1. The Morgan fingerprint density at radius 1 is 1.33 bits per heavy atom. The maximum Gasteiger partial charge on any atom is 0.258 e. The van der Waals surface area contributed by atoms with Gasteiger partial charge in [-0.05, 0) is 38.1 Å². The second-order valence-corrected chi connectivity index (χ2v) is 5.12. The summed E-state index contributed by atoms with van der Waals surface area (Å²) in [5.41, 5.74) is 0.619. The number of rotatable bonds is 3. The Bertz CT molecular complexity index is 634. The van der Waals surface area contributed by atoms with Crippen molar-refractivity contribution in [2.24, 2.45) is 0 Å². The van der Waals surface area contributed by atoms with Crippen molar-refractivity contribution < 1.29 is 9.18 Å². The SMILES string of the molecule is O=C(Nc1cnn(C2CCNCC2)c1)c1ccccc1F. The molecule has 0 unspecified atom stereocenters. The lowest BCUT2D eigenvalue weighted by atomic mass is 10.1. The van der Waals surface area contributed by atoms with Gasteiger partial charge in [-0.15, -0.1) is 0 Å². The largest absolute Gasteiger partial charge is 0.319 e. The lowest BCUT2D eigenvalue weighted by Gasteiger charge is -2.22. The highest BCUT2D eigenvalue weighted by Gasteiger charge is 2.17. The molecule has 6 heteroatoms. The average Bonchev–Trinajstić information content (AvgIpc) is 2.97. The Kier molecular flexibility index (Phi) is 3.96. The summed E-state index contributed by atoms with van der Waals surface area (Å²) < 4.78 is 15.4. The van der Waals surface area contributed by atoms with E-state index in [0.29, 0.717) is 11.7 Å². The smallest absolute Gasteiger partial charge is 0.258 e. The van der Waals surface area contributed by atoms with Crippen LogP contribution < -0.4 is 10.6 Å². The third kappa shape index (κ3) is 3.11. The van der Waals surface area contributed by atoms with E-state index in [1.165, 1.54) is 12.1 Å². The number of hydrogen-bond donors (Lipinski definition) is 2. The summed E-state index contributed by atoms with van der Waals surface area (Å²) in [6.45, 7) is 1.95. The van der Waals surface area contributed by atoms with Crippen molar-refractivity contribution in [3.63, 3.8) is 0 Å². The minimum absolute atomic E-state index is 0.0344. The molecule has 21 heavy (non-hydrogen) atoms. The van der Waals surface area contributed by atoms with Gasteiger partial charge >= 0.3 is 0 Å². The van der Waals surface area contributed by atoms with Crippen LogP contribution in [0, 0.1) is 5.82 Å². The van der Waals surface area contributed by atoms with Gasteiger partial charge in [0.15, 0.2) is 0 Å². The predicted molar refractivity (Wildman–Crippen MR) is 77.7 cm³/mol. The minimum atomic E-state index is -0.527. The van der Waals surface area contributed by atoms with Gasteiger partial charge in [-0.25, -0.2) is 4.39 Å². The van der Waals surface area contributed by atoms with Crippen LogP contribution in [0.25, 0.3) is 0 Å². The molecule has 0 spiro atoms. The molecule has 2 aromatic rings. The summed E-state index contributed by atoms with van der Waals surface area (Å²) in [7, 11) is 0. The highest BCUT2D eigenvalue weighted by Crippen LogP contribution is 2.20. The number of anilines is 1. The Labute approximate surface area is 122 Å². The summed E-state index contributed by atoms with van der Waals surface area (Å²) in [5, 5.41) is 10.3. The van der Waals surface area contributed by atoms with E-state index < -0.39 is 11.7 Å². The molecule has 1 aromatic heterocycles. The first-order valence-corrected chi connectivity index (χ1v) is 7.05. The van der Waals surface area contributed by atoms with Crippen molar-refractivity contribution in [3.8, 4) is 0 Å². The number of nitrogens with zero attached hydrogens (tertiary/aromatic N) is 2. The van der Waals surface area contributed by atoms with E-state index in [2.05, 4.69) is 15.7 Å². The van der Waals surface area contributed by atoms with Crippen LogP contribution in [0.15, 0.2) is 36.7 Å². The summed E-state index contributed by atoms with van der Waals surface area (Å²) >= 11 is 0. The Morgan fingerprint density at radius 2 is 2.10 bits per heavy atom. The number of piperidine rings is 1. The van der Waals surface area contributed by atoms with Gasteiger partial charge in [-0.1, -0.05) is 12.1 Å². The van der Waals surface area contributed by atoms with Gasteiger partial charge in [-0.2, -0.15) is 5.10 Å². The van der Waals surface area contributed by atoms with E-state index in [0.717, 1.165) is 25.9 Å². The fraction of sp³-hybridized carbons (Fsp3) is 0.333. The zero-order valence-electron chi connectivity index (χ0n) is 11.6. The molecule has 1 aromatic carbocycles. The van der Waals surface area contributed by atoms with Crippen LogP contribution in [-0.4, -0.2) is 28.8 Å². The van der Waals surface area contributed by atoms with Crippen LogP contribution in [0.4, 0.5) is 10.1 Å². The quantitative estimate of drug-likeness (QED) is 0.910. The molecule has 1 amide bonds. The molecule has 2 N–H and O–H groups in total. The second kappa shape index (κ2) is 6.05. The molecule has 1 aliphatic heterocycles. The van der Waals surface area contributed by atoms with Crippen LogP contribution in [0.2, 0.25) is 0 Å². The fourth-order valence-corrected chi connectivity index (χ4v) is 2.52. The van der Waals surface area contributed by atoms with Gasteiger partial charge in [0.05, 0.1) is 23.5 Å². The topological polar surface area (TPSA) is 59.0 Å². The molecule has 1 saturated heterocycles. The van der Waals surface area contributed by atoms with Crippen LogP contribution in [0.3, 0.4) is 0 Å². The maximum absolute atomic E-state index is 13.6. The van der Waals surface area contributed by atoms with Crippen molar-refractivity contribution in [1.82, 2.24) is 15.1 Å². The second-order valence-electron chi connectivity index (χ2n) is 5.12. The molecule has 0 bridgehead atoms. The molecular formula is C15H17FN4O. The number of aromatic nitrogens is 2. The Hall–Kier alpha value is -2.21. The van der Waals surface area contributed by atoms with Crippen LogP contribution in [0.1, 0.15) is 29.2 Å². The van der Waals surface area contributed by atoms with Crippen LogP contribution in [0.5, 0.6) is 0 Å². The molecule has 0 saturated carbocycles. The van der Waals surface area contributed by atoms with E-state index in [1.54, 1.807) is 24.5 Å². The number of carbonyl (C=O) groups is 1. The molecular weight excluding hydrogens is 271 g/mol. The summed E-state index contributed by atoms with van der Waals surface area (Å²) in [5.74, 6) is -0.987. The fourth-order valence-electron chi connectivity index (χ4n) is 2.52. The van der Waals surface area contributed by atoms with E-state index in [4.69, 9.17) is 0 Å². The van der Waals surface area contributed by atoms with E-state index in [1.807, 2.05) is 4.68 Å². The Balaban J connectivity index is 1.69. The first kappa shape index (κ1) is 13.8. The van der Waals surface area contributed by atoms with Crippen molar-refractivity contribution in [3.05, 3.63) is 48.0 Å². The lowest BCUT2D eigenvalue weighted by molar-refractivity contribution is 0.102. The molecule has 1 aliphatic rings. The lowest BCUT2D eigenvalue weighted by Crippen LogP contribution is -2.29. The Morgan fingerprint density at radius 3 is 2.86 bits per heavy atom. The van der Waals surface area contributed by atoms with Gasteiger partial charge in [0, 0.05) is 6.20 Å². The highest BCUT2D eigenvalue weighted by molar-refractivity contribution is 6.04. The number of nitrogens with one attached hydrogen (secondary N) is 2. The third-order valence-corrected chi connectivity index (χ3v) is 3.66. The normalized spacial score (nSPS) is 15.9. The third-order valence-electron chi connectivity index (χ3n) is 3.66.